The Kier molecular flexibility index (Phi) is 7.25. The van der Waals surface area contributed by atoms with Crippen molar-refractivity contribution < 1.29 is 27.8 Å². The van der Waals surface area contributed by atoms with E-state index in [0.717, 1.165) is 11.6 Å². The molecule has 4 aromatic carbocycles. The largest absolute Gasteiger partial charge is 0.488 e. The quantitative estimate of drug-likeness (QED) is 0.213. The van der Waals surface area contributed by atoms with E-state index in [0.29, 0.717) is 27.2 Å². The van der Waals surface area contributed by atoms with Gasteiger partial charge in [-0.05, 0) is 54.1 Å². The average Bonchev–Trinajstić information content (AvgIpc) is 3.25. The first kappa shape index (κ1) is 26.6. The molecule has 0 aliphatic carbocycles. The smallest absolute Gasteiger partial charge is 0.416 e. The summed E-state index contributed by atoms with van der Waals surface area (Å²) in [6.45, 7) is -0.106. The van der Waals surface area contributed by atoms with Crippen molar-refractivity contribution in [2.24, 2.45) is 0 Å². The van der Waals surface area contributed by atoms with E-state index in [-0.39, 0.29) is 35.1 Å². The van der Waals surface area contributed by atoms with Crippen molar-refractivity contribution in [3.05, 3.63) is 117 Å². The maximum Gasteiger partial charge on any atom is 0.416 e. The summed E-state index contributed by atoms with van der Waals surface area (Å²) in [6, 6.07) is 22.2. The van der Waals surface area contributed by atoms with Gasteiger partial charge in [0.15, 0.2) is 0 Å². The Morgan fingerprint density at radius 1 is 0.949 bits per heavy atom. The van der Waals surface area contributed by atoms with Gasteiger partial charge in [0.25, 0.3) is 0 Å². The van der Waals surface area contributed by atoms with E-state index in [1.165, 1.54) is 28.9 Å². The van der Waals surface area contributed by atoms with Crippen LogP contribution in [0.4, 0.5) is 13.2 Å². The molecule has 0 radical (unpaired) electrons. The van der Waals surface area contributed by atoms with E-state index in [1.807, 2.05) is 30.3 Å². The van der Waals surface area contributed by atoms with Gasteiger partial charge in [0.1, 0.15) is 18.1 Å². The molecule has 0 fully saturated rings. The molecule has 0 unspecified atom stereocenters. The van der Waals surface area contributed by atoms with Crippen LogP contribution in [0.25, 0.3) is 22.2 Å². The Morgan fingerprint density at radius 3 is 2.44 bits per heavy atom. The van der Waals surface area contributed by atoms with Gasteiger partial charge < -0.3 is 9.84 Å². The molecule has 39 heavy (non-hydrogen) atoms. The molecule has 0 bridgehead atoms. The van der Waals surface area contributed by atoms with Crippen LogP contribution in [-0.4, -0.2) is 20.9 Å². The van der Waals surface area contributed by atoms with Crippen LogP contribution < -0.4 is 4.74 Å². The van der Waals surface area contributed by atoms with Crippen molar-refractivity contribution in [3.8, 4) is 17.0 Å². The van der Waals surface area contributed by atoms with Gasteiger partial charge in [-0.15, -0.1) is 0 Å². The number of carboxylic acid groups (broad SMARTS) is 1. The van der Waals surface area contributed by atoms with Crippen LogP contribution in [0.2, 0.25) is 10.0 Å². The molecule has 0 saturated heterocycles. The van der Waals surface area contributed by atoms with Gasteiger partial charge in [0.05, 0.1) is 23.2 Å². The standard InChI is InChI=1S/C29H19Cl2F3N2O3/c30-19-10-12-25-21(14-19)27(35-36(25)15-22-23(29(32,33)34)7-4-8-24(22)31)20-11-9-18(28(37)38)13-26(20)39-16-17-5-2-1-3-6-17/h1-14H,15-16H2,(H,37,38). The molecule has 5 nitrogen and oxygen atoms in total. The highest BCUT2D eigenvalue weighted by atomic mass is 35.5. The number of carboxylic acids is 1. The molecule has 0 saturated carbocycles. The Morgan fingerprint density at radius 2 is 1.72 bits per heavy atom. The number of aromatic nitrogens is 2. The summed E-state index contributed by atoms with van der Waals surface area (Å²) in [5, 5.41) is 15.1. The summed E-state index contributed by atoms with van der Waals surface area (Å²) < 4.78 is 48.8. The summed E-state index contributed by atoms with van der Waals surface area (Å²) in [7, 11) is 0. The van der Waals surface area contributed by atoms with Crippen LogP contribution in [0.3, 0.4) is 0 Å². The lowest BCUT2D eigenvalue weighted by Crippen LogP contribution is -2.13. The predicted octanol–water partition coefficient (Wildman–Crippen LogP) is 8.35. The number of halogens is 5. The van der Waals surface area contributed by atoms with Crippen molar-refractivity contribution in [1.82, 2.24) is 9.78 Å². The zero-order valence-electron chi connectivity index (χ0n) is 20.0. The minimum absolute atomic E-state index is 0.00877. The lowest BCUT2D eigenvalue weighted by molar-refractivity contribution is -0.138. The van der Waals surface area contributed by atoms with Crippen LogP contribution >= 0.6 is 23.2 Å². The summed E-state index contributed by atoms with van der Waals surface area (Å²) in [5.74, 6) is -0.887. The summed E-state index contributed by atoms with van der Waals surface area (Å²) >= 11 is 12.5. The average molecular weight is 571 g/mol. The third-order valence-electron chi connectivity index (χ3n) is 6.17. The number of aromatic carboxylic acids is 1. The second-order valence-corrected chi connectivity index (χ2v) is 9.57. The van der Waals surface area contributed by atoms with Crippen LogP contribution in [-0.2, 0) is 19.3 Å². The SMILES string of the molecule is O=C(O)c1ccc(-c2nn(Cc3c(Cl)cccc3C(F)(F)F)c3ccc(Cl)cc23)c(OCc2ccccc2)c1. The first-order chi connectivity index (χ1) is 18.6. The van der Waals surface area contributed by atoms with E-state index in [1.54, 1.807) is 24.3 Å². The first-order valence-corrected chi connectivity index (χ1v) is 12.4. The maximum absolute atomic E-state index is 13.8. The number of alkyl halides is 3. The Hall–Kier alpha value is -4.01. The molecule has 0 amide bonds. The van der Waals surface area contributed by atoms with Crippen molar-refractivity contribution in [2.45, 2.75) is 19.3 Å². The normalized spacial score (nSPS) is 11.6. The molecule has 1 aromatic heterocycles. The van der Waals surface area contributed by atoms with Crippen molar-refractivity contribution in [2.75, 3.05) is 0 Å². The van der Waals surface area contributed by atoms with Crippen LogP contribution in [0, 0.1) is 0 Å². The summed E-state index contributed by atoms with van der Waals surface area (Å²) in [4.78, 5) is 11.7. The minimum Gasteiger partial charge on any atom is -0.488 e. The number of rotatable bonds is 7. The molecular formula is C29H19Cl2F3N2O3. The molecule has 1 heterocycles. The van der Waals surface area contributed by atoms with Gasteiger partial charge in [-0.25, -0.2) is 4.79 Å². The fraction of sp³-hybridized carbons (Fsp3) is 0.103. The van der Waals surface area contributed by atoms with E-state index in [9.17, 15) is 23.1 Å². The second kappa shape index (κ2) is 10.6. The Bertz CT molecular complexity index is 1690. The topological polar surface area (TPSA) is 64.3 Å². The number of nitrogens with zero attached hydrogens (tertiary/aromatic N) is 2. The van der Waals surface area contributed by atoms with Gasteiger partial charge in [0, 0.05) is 26.6 Å². The first-order valence-electron chi connectivity index (χ1n) is 11.7. The number of benzene rings is 4. The molecule has 0 aliphatic rings. The fourth-order valence-corrected chi connectivity index (χ4v) is 4.72. The summed E-state index contributed by atoms with van der Waals surface area (Å²) in [5.41, 5.74) is 1.23. The lowest BCUT2D eigenvalue weighted by atomic mass is 10.0. The van der Waals surface area contributed by atoms with Crippen molar-refractivity contribution in [3.63, 3.8) is 0 Å². The molecular weight excluding hydrogens is 552 g/mol. The number of ether oxygens (including phenoxy) is 1. The highest BCUT2D eigenvalue weighted by Crippen LogP contribution is 2.39. The van der Waals surface area contributed by atoms with Crippen LogP contribution in [0.1, 0.15) is 27.0 Å². The van der Waals surface area contributed by atoms with Gasteiger partial charge in [0.2, 0.25) is 0 Å². The van der Waals surface area contributed by atoms with E-state index >= 15 is 0 Å². The van der Waals surface area contributed by atoms with Gasteiger partial charge >= 0.3 is 12.1 Å². The van der Waals surface area contributed by atoms with Gasteiger partial charge in [-0.1, -0.05) is 59.6 Å². The molecule has 5 aromatic rings. The van der Waals surface area contributed by atoms with Gasteiger partial charge in [-0.2, -0.15) is 18.3 Å². The molecule has 0 atom stereocenters. The Balaban J connectivity index is 1.65. The molecule has 0 spiro atoms. The fourth-order valence-electron chi connectivity index (χ4n) is 4.31. The minimum atomic E-state index is -4.61. The number of hydrogen-bond donors (Lipinski definition) is 1. The van der Waals surface area contributed by atoms with E-state index < -0.39 is 17.7 Å². The predicted molar refractivity (Wildman–Crippen MR) is 143 cm³/mol. The van der Waals surface area contributed by atoms with Crippen LogP contribution in [0.15, 0.2) is 84.9 Å². The van der Waals surface area contributed by atoms with Crippen molar-refractivity contribution >= 4 is 40.1 Å². The molecule has 5 rings (SSSR count). The number of fused-ring (bicyclic) bond motifs is 1. The van der Waals surface area contributed by atoms with E-state index in [2.05, 4.69) is 5.10 Å². The third-order valence-corrected chi connectivity index (χ3v) is 6.75. The third kappa shape index (κ3) is 5.57. The van der Waals surface area contributed by atoms with Gasteiger partial charge in [-0.3, -0.25) is 4.68 Å². The highest BCUT2D eigenvalue weighted by molar-refractivity contribution is 6.32. The number of hydrogen-bond acceptors (Lipinski definition) is 3. The zero-order valence-corrected chi connectivity index (χ0v) is 21.6. The lowest BCUT2D eigenvalue weighted by Gasteiger charge is -2.15. The van der Waals surface area contributed by atoms with Crippen molar-refractivity contribution in [1.29, 1.82) is 0 Å². The Labute approximate surface area is 231 Å². The zero-order chi connectivity index (χ0) is 27.7. The number of carbonyl (C=O) groups is 1. The monoisotopic (exact) mass is 570 g/mol. The second-order valence-electron chi connectivity index (χ2n) is 8.72. The summed E-state index contributed by atoms with van der Waals surface area (Å²) in [6.07, 6.45) is -4.61. The molecule has 0 aliphatic heterocycles. The molecule has 1 N–H and O–H groups in total. The van der Waals surface area contributed by atoms with Crippen LogP contribution in [0.5, 0.6) is 5.75 Å². The van der Waals surface area contributed by atoms with E-state index in [4.69, 9.17) is 27.9 Å². The maximum atomic E-state index is 13.8. The highest BCUT2D eigenvalue weighted by Gasteiger charge is 2.34. The molecule has 10 heteroatoms. The molecule has 198 valence electrons.